The Morgan fingerprint density at radius 3 is 2.88 bits per heavy atom. The number of carbonyl (C=O) groups excluding carboxylic acids is 2. The third-order valence-corrected chi connectivity index (χ3v) is 5.08. The zero-order chi connectivity index (χ0) is 18.1. The summed E-state index contributed by atoms with van der Waals surface area (Å²) < 4.78 is 0. The molecule has 0 aliphatic carbocycles. The minimum atomic E-state index is -0.128. The Kier molecular flexibility index (Phi) is 4.16. The zero-order valence-electron chi connectivity index (χ0n) is 14.5. The molecule has 2 atom stereocenters. The van der Waals surface area contributed by atoms with Crippen molar-refractivity contribution in [2.24, 2.45) is 5.92 Å². The normalized spacial score (nSPS) is 19.9. The van der Waals surface area contributed by atoms with Crippen LogP contribution in [0.5, 0.6) is 0 Å². The minimum Gasteiger partial charge on any atom is -0.361 e. The number of rotatable bonds is 4. The van der Waals surface area contributed by atoms with Gasteiger partial charge in [-0.05, 0) is 41.3 Å². The number of H-pyrrole nitrogens is 1. The van der Waals surface area contributed by atoms with Crippen molar-refractivity contribution in [1.82, 2.24) is 20.2 Å². The summed E-state index contributed by atoms with van der Waals surface area (Å²) >= 11 is 0. The number of likely N-dealkylation sites (tertiary alicyclic amines) is 1. The van der Waals surface area contributed by atoms with Crippen LogP contribution in [0, 0.1) is 5.92 Å². The lowest BCUT2D eigenvalue weighted by molar-refractivity contribution is -0.127. The minimum absolute atomic E-state index is 0.0352. The molecule has 1 saturated heterocycles. The summed E-state index contributed by atoms with van der Waals surface area (Å²) in [6.45, 7) is 0.449. The van der Waals surface area contributed by atoms with Crippen molar-refractivity contribution in [3.63, 3.8) is 0 Å². The predicted molar refractivity (Wildman–Crippen MR) is 98.5 cm³/mol. The van der Waals surface area contributed by atoms with E-state index in [9.17, 15) is 9.59 Å². The van der Waals surface area contributed by atoms with Crippen molar-refractivity contribution in [3.8, 4) is 0 Å². The van der Waals surface area contributed by atoms with Crippen LogP contribution < -0.4 is 5.32 Å². The number of hydrogen-bond donors (Lipinski definition) is 2. The summed E-state index contributed by atoms with van der Waals surface area (Å²) in [6, 6.07) is 11.4. The van der Waals surface area contributed by atoms with Crippen molar-refractivity contribution in [2.75, 3.05) is 13.6 Å². The van der Waals surface area contributed by atoms with Gasteiger partial charge in [0.2, 0.25) is 5.91 Å². The number of aromatic amines is 1. The number of pyridine rings is 1. The van der Waals surface area contributed by atoms with Crippen LogP contribution in [0.15, 0.2) is 55.0 Å². The van der Waals surface area contributed by atoms with Crippen molar-refractivity contribution in [3.05, 3.63) is 66.1 Å². The molecule has 0 radical (unpaired) electrons. The molecule has 0 saturated carbocycles. The molecule has 0 unspecified atom stereocenters. The first kappa shape index (κ1) is 16.3. The number of hydrogen-bond acceptors (Lipinski definition) is 3. The molecule has 26 heavy (non-hydrogen) atoms. The fourth-order valence-electron chi connectivity index (χ4n) is 3.71. The van der Waals surface area contributed by atoms with E-state index in [1.807, 2.05) is 49.6 Å². The lowest BCUT2D eigenvalue weighted by Crippen LogP contribution is -2.32. The fourth-order valence-corrected chi connectivity index (χ4v) is 3.71. The Labute approximate surface area is 151 Å². The van der Waals surface area contributed by atoms with E-state index in [4.69, 9.17) is 0 Å². The molecular formula is C20H20N4O2. The van der Waals surface area contributed by atoms with Gasteiger partial charge in [-0.1, -0.05) is 6.07 Å². The SMILES string of the molecule is CN1C(=O)C[C@@H](CNC(=O)c2ccc3cc[nH]c3c2)[C@@H]1c1ccncc1. The van der Waals surface area contributed by atoms with E-state index in [-0.39, 0.29) is 23.8 Å². The van der Waals surface area contributed by atoms with Gasteiger partial charge in [-0.2, -0.15) is 0 Å². The molecule has 0 bridgehead atoms. The maximum Gasteiger partial charge on any atom is 0.251 e. The summed E-state index contributed by atoms with van der Waals surface area (Å²) in [6.07, 6.45) is 5.74. The van der Waals surface area contributed by atoms with Crippen molar-refractivity contribution in [1.29, 1.82) is 0 Å². The number of amides is 2. The van der Waals surface area contributed by atoms with Gasteiger partial charge in [-0.3, -0.25) is 14.6 Å². The molecule has 6 nitrogen and oxygen atoms in total. The van der Waals surface area contributed by atoms with Gasteiger partial charge in [0.05, 0.1) is 6.04 Å². The molecule has 1 aromatic carbocycles. The van der Waals surface area contributed by atoms with Crippen molar-refractivity contribution < 1.29 is 9.59 Å². The first-order valence-corrected chi connectivity index (χ1v) is 8.64. The van der Waals surface area contributed by atoms with Crippen LogP contribution in [-0.4, -0.2) is 40.3 Å². The standard InChI is InChI=1S/C20H20N4O2/c1-24-18(25)11-16(19(24)14-4-7-21-8-5-14)12-23-20(26)15-3-2-13-6-9-22-17(13)10-15/h2-10,16,19,22H,11-12H2,1H3,(H,23,26)/t16-,19-/m0/s1. The van der Waals surface area contributed by atoms with Crippen LogP contribution in [0.3, 0.4) is 0 Å². The van der Waals surface area contributed by atoms with E-state index in [2.05, 4.69) is 15.3 Å². The Morgan fingerprint density at radius 1 is 1.27 bits per heavy atom. The third kappa shape index (κ3) is 2.94. The van der Waals surface area contributed by atoms with Crippen LogP contribution in [0.2, 0.25) is 0 Å². The highest BCUT2D eigenvalue weighted by Crippen LogP contribution is 2.36. The van der Waals surface area contributed by atoms with E-state index >= 15 is 0 Å². The van der Waals surface area contributed by atoms with E-state index in [0.29, 0.717) is 18.5 Å². The topological polar surface area (TPSA) is 78.1 Å². The van der Waals surface area contributed by atoms with Crippen LogP contribution in [-0.2, 0) is 4.79 Å². The van der Waals surface area contributed by atoms with Crippen molar-refractivity contribution >= 4 is 22.7 Å². The summed E-state index contributed by atoms with van der Waals surface area (Å²) in [5.41, 5.74) is 2.58. The van der Waals surface area contributed by atoms with Crippen LogP contribution in [0.1, 0.15) is 28.4 Å². The second-order valence-electron chi connectivity index (χ2n) is 6.68. The maximum atomic E-state index is 12.5. The van der Waals surface area contributed by atoms with E-state index in [0.717, 1.165) is 16.5 Å². The van der Waals surface area contributed by atoms with Crippen LogP contribution in [0.25, 0.3) is 10.9 Å². The smallest absolute Gasteiger partial charge is 0.251 e. The number of fused-ring (bicyclic) bond motifs is 1. The highest BCUT2D eigenvalue weighted by atomic mass is 16.2. The lowest BCUT2D eigenvalue weighted by atomic mass is 9.94. The largest absolute Gasteiger partial charge is 0.361 e. The van der Waals surface area contributed by atoms with Crippen LogP contribution >= 0.6 is 0 Å². The molecule has 132 valence electrons. The maximum absolute atomic E-state index is 12.5. The van der Waals surface area contributed by atoms with Gasteiger partial charge in [0.15, 0.2) is 0 Å². The van der Waals surface area contributed by atoms with Gasteiger partial charge in [-0.15, -0.1) is 0 Å². The summed E-state index contributed by atoms with van der Waals surface area (Å²) in [5, 5.41) is 4.06. The molecule has 3 aromatic rings. The third-order valence-electron chi connectivity index (χ3n) is 5.08. The quantitative estimate of drug-likeness (QED) is 0.760. The Bertz CT molecular complexity index is 951. The van der Waals surface area contributed by atoms with Crippen LogP contribution in [0.4, 0.5) is 0 Å². The first-order valence-electron chi connectivity index (χ1n) is 8.64. The molecule has 2 N–H and O–H groups in total. The van der Waals surface area contributed by atoms with Gasteiger partial charge in [-0.25, -0.2) is 0 Å². The zero-order valence-corrected chi connectivity index (χ0v) is 14.5. The Morgan fingerprint density at radius 2 is 2.08 bits per heavy atom. The predicted octanol–water partition coefficient (Wildman–Crippen LogP) is 2.51. The highest BCUT2D eigenvalue weighted by molar-refractivity contribution is 5.97. The number of benzene rings is 1. The fraction of sp³-hybridized carbons (Fsp3) is 0.250. The monoisotopic (exact) mass is 348 g/mol. The molecule has 6 heteroatoms. The first-order chi connectivity index (χ1) is 12.6. The molecular weight excluding hydrogens is 328 g/mol. The highest BCUT2D eigenvalue weighted by Gasteiger charge is 2.38. The van der Waals surface area contributed by atoms with Gasteiger partial charge in [0.25, 0.3) is 5.91 Å². The van der Waals surface area contributed by atoms with E-state index < -0.39 is 0 Å². The van der Waals surface area contributed by atoms with Crippen molar-refractivity contribution in [2.45, 2.75) is 12.5 Å². The molecule has 2 amide bonds. The average Bonchev–Trinajstić information content (AvgIpc) is 3.24. The Balaban J connectivity index is 1.48. The number of nitrogens with one attached hydrogen (secondary N) is 2. The second kappa shape index (κ2) is 6.63. The van der Waals surface area contributed by atoms with E-state index in [1.165, 1.54) is 0 Å². The summed E-state index contributed by atoms with van der Waals surface area (Å²) in [4.78, 5) is 33.7. The molecule has 1 fully saturated rings. The molecule has 3 heterocycles. The summed E-state index contributed by atoms with van der Waals surface area (Å²) in [7, 11) is 1.81. The summed E-state index contributed by atoms with van der Waals surface area (Å²) in [5.74, 6) is 0.00363. The van der Waals surface area contributed by atoms with E-state index in [1.54, 1.807) is 17.3 Å². The lowest BCUT2D eigenvalue weighted by Gasteiger charge is -2.25. The number of carbonyl (C=O) groups is 2. The van der Waals surface area contributed by atoms with Gasteiger partial charge in [0, 0.05) is 55.6 Å². The molecule has 4 rings (SSSR count). The van der Waals surface area contributed by atoms with Gasteiger partial charge in [0.1, 0.15) is 0 Å². The van der Waals surface area contributed by atoms with Gasteiger partial charge < -0.3 is 15.2 Å². The number of aromatic nitrogens is 2. The van der Waals surface area contributed by atoms with Gasteiger partial charge >= 0.3 is 0 Å². The molecule has 1 aliphatic heterocycles. The Hall–Kier alpha value is -3.15. The molecule has 0 spiro atoms. The average molecular weight is 348 g/mol. The molecule has 1 aliphatic rings. The second-order valence-corrected chi connectivity index (χ2v) is 6.68. The number of nitrogens with zero attached hydrogens (tertiary/aromatic N) is 2. The molecule has 2 aromatic heterocycles.